The Morgan fingerprint density at radius 1 is 1.06 bits per heavy atom. The van der Waals surface area contributed by atoms with Gasteiger partial charge in [0.25, 0.3) is 0 Å². The van der Waals surface area contributed by atoms with E-state index in [1.807, 2.05) is 0 Å². The summed E-state index contributed by atoms with van der Waals surface area (Å²) < 4.78 is 0. The summed E-state index contributed by atoms with van der Waals surface area (Å²) in [6.07, 6.45) is 1.08. The largest absolute Gasteiger partial charge is 0.365 e. The molecule has 0 unspecified atom stereocenters. The first-order chi connectivity index (χ1) is 7.69. The first-order valence-corrected chi connectivity index (χ1v) is 6.47. The predicted octanol–water partition coefficient (Wildman–Crippen LogP) is 3.54. The van der Waals surface area contributed by atoms with Crippen LogP contribution in [0.2, 0.25) is 0 Å². The Morgan fingerprint density at radius 2 is 1.71 bits per heavy atom. The smallest absolute Gasteiger partial charge is 0.0658 e. The fraction of sp³-hybridized carbons (Fsp3) is 0.667. The van der Waals surface area contributed by atoms with Gasteiger partial charge in [-0.05, 0) is 32.9 Å². The van der Waals surface area contributed by atoms with Gasteiger partial charge in [-0.1, -0.05) is 20.8 Å². The van der Waals surface area contributed by atoms with E-state index in [2.05, 4.69) is 58.6 Å². The number of hydrogen-bond donors (Lipinski definition) is 0. The minimum atomic E-state index is 0.143. The molecule has 0 fully saturated rings. The van der Waals surface area contributed by atoms with Gasteiger partial charge < -0.3 is 4.90 Å². The highest BCUT2D eigenvalue weighted by atomic mass is 15.2. The van der Waals surface area contributed by atoms with Gasteiger partial charge in [0.15, 0.2) is 0 Å². The molecule has 1 aliphatic rings. The van der Waals surface area contributed by atoms with Crippen molar-refractivity contribution >= 4 is 5.69 Å². The summed E-state index contributed by atoms with van der Waals surface area (Å²) in [7, 11) is 0. The van der Waals surface area contributed by atoms with Crippen LogP contribution in [0, 0.1) is 0 Å². The molecule has 0 aromatic carbocycles. The van der Waals surface area contributed by atoms with Crippen molar-refractivity contribution in [3.8, 4) is 0 Å². The van der Waals surface area contributed by atoms with Crippen molar-refractivity contribution in [3.05, 3.63) is 23.5 Å². The third-order valence-electron chi connectivity index (χ3n) is 3.39. The summed E-state index contributed by atoms with van der Waals surface area (Å²) >= 11 is 0. The van der Waals surface area contributed by atoms with Crippen LogP contribution in [0.5, 0.6) is 0 Å². The van der Waals surface area contributed by atoms with Crippen LogP contribution in [0.3, 0.4) is 0 Å². The first kappa shape index (κ1) is 12.4. The molecule has 2 heteroatoms. The van der Waals surface area contributed by atoms with E-state index >= 15 is 0 Å². The fourth-order valence-corrected chi connectivity index (χ4v) is 2.38. The maximum absolute atomic E-state index is 4.85. The summed E-state index contributed by atoms with van der Waals surface area (Å²) in [5.41, 5.74) is 4.13. The van der Waals surface area contributed by atoms with Gasteiger partial charge in [-0.2, -0.15) is 0 Å². The monoisotopic (exact) mass is 232 g/mol. The average Bonchev–Trinajstić information content (AvgIpc) is 2.57. The number of anilines is 1. The zero-order chi connectivity index (χ0) is 12.8. The van der Waals surface area contributed by atoms with E-state index in [0.717, 1.165) is 13.0 Å². The van der Waals surface area contributed by atoms with E-state index in [4.69, 9.17) is 4.98 Å². The van der Waals surface area contributed by atoms with Crippen molar-refractivity contribution in [1.29, 1.82) is 0 Å². The van der Waals surface area contributed by atoms with Gasteiger partial charge in [0.1, 0.15) is 0 Å². The molecule has 0 saturated carbocycles. The summed E-state index contributed by atoms with van der Waals surface area (Å²) in [5, 5.41) is 0. The van der Waals surface area contributed by atoms with Crippen molar-refractivity contribution in [1.82, 2.24) is 4.98 Å². The van der Waals surface area contributed by atoms with E-state index in [0.29, 0.717) is 0 Å². The molecule has 2 rings (SSSR count). The SMILES string of the molecule is CC(C)(C)c1ccc2c(n1)CCN2C(C)(C)C. The van der Waals surface area contributed by atoms with Crippen molar-refractivity contribution in [2.24, 2.45) is 0 Å². The molecule has 94 valence electrons. The molecule has 0 bridgehead atoms. The highest BCUT2D eigenvalue weighted by molar-refractivity contribution is 5.57. The molecular formula is C15H24N2. The Morgan fingerprint density at radius 3 is 2.24 bits per heavy atom. The topological polar surface area (TPSA) is 16.1 Å². The molecule has 1 aromatic rings. The lowest BCUT2D eigenvalue weighted by Crippen LogP contribution is -2.40. The summed E-state index contributed by atoms with van der Waals surface area (Å²) in [6, 6.07) is 4.43. The molecule has 0 N–H and O–H groups in total. The zero-order valence-corrected chi connectivity index (χ0v) is 12.0. The maximum Gasteiger partial charge on any atom is 0.0658 e. The molecule has 2 nitrogen and oxygen atoms in total. The molecule has 0 aliphatic carbocycles. The normalized spacial score (nSPS) is 16.2. The Balaban J connectivity index is 2.39. The molecule has 0 spiro atoms. The predicted molar refractivity (Wildman–Crippen MR) is 73.7 cm³/mol. The Labute approximate surface area is 105 Å². The Kier molecular flexibility index (Phi) is 2.72. The van der Waals surface area contributed by atoms with Crippen LogP contribution >= 0.6 is 0 Å². The molecule has 2 heterocycles. The van der Waals surface area contributed by atoms with Gasteiger partial charge >= 0.3 is 0 Å². The third kappa shape index (κ3) is 2.31. The van der Waals surface area contributed by atoms with Crippen molar-refractivity contribution in [3.63, 3.8) is 0 Å². The molecule has 0 radical (unpaired) electrons. The molecule has 17 heavy (non-hydrogen) atoms. The van der Waals surface area contributed by atoms with E-state index in [1.54, 1.807) is 0 Å². The lowest BCUT2D eigenvalue weighted by atomic mass is 9.91. The number of nitrogens with zero attached hydrogens (tertiary/aromatic N) is 2. The number of pyridine rings is 1. The maximum atomic E-state index is 4.85. The second kappa shape index (κ2) is 3.72. The lowest BCUT2D eigenvalue weighted by Gasteiger charge is -2.34. The van der Waals surface area contributed by atoms with Crippen molar-refractivity contribution in [2.75, 3.05) is 11.4 Å². The number of aromatic nitrogens is 1. The van der Waals surface area contributed by atoms with Crippen LogP contribution < -0.4 is 4.90 Å². The molecule has 0 atom stereocenters. The van der Waals surface area contributed by atoms with Crippen LogP contribution in [0.1, 0.15) is 52.9 Å². The van der Waals surface area contributed by atoms with Crippen molar-refractivity contribution in [2.45, 2.75) is 58.9 Å². The van der Waals surface area contributed by atoms with Gasteiger partial charge in [0, 0.05) is 29.6 Å². The van der Waals surface area contributed by atoms with Crippen LogP contribution in [-0.4, -0.2) is 17.1 Å². The van der Waals surface area contributed by atoms with Gasteiger partial charge in [-0.3, -0.25) is 4.98 Å². The van der Waals surface area contributed by atoms with E-state index < -0.39 is 0 Å². The van der Waals surface area contributed by atoms with Crippen molar-refractivity contribution < 1.29 is 0 Å². The van der Waals surface area contributed by atoms with E-state index in [9.17, 15) is 0 Å². The lowest BCUT2D eigenvalue weighted by molar-refractivity contribution is 0.518. The Bertz CT molecular complexity index is 422. The van der Waals surface area contributed by atoms with Gasteiger partial charge in [-0.15, -0.1) is 0 Å². The highest BCUT2D eigenvalue weighted by Gasteiger charge is 2.30. The standard InChI is InChI=1S/C15H24N2/c1-14(2,3)13-8-7-12-11(16-13)9-10-17(12)15(4,5)6/h7-8H,9-10H2,1-6H3. The van der Waals surface area contributed by atoms with Gasteiger partial charge in [0.05, 0.1) is 11.4 Å². The molecule has 0 amide bonds. The quantitative estimate of drug-likeness (QED) is 0.680. The second-order valence-corrected chi connectivity index (χ2v) is 6.98. The summed E-state index contributed by atoms with van der Waals surface area (Å²) in [5.74, 6) is 0. The summed E-state index contributed by atoms with van der Waals surface area (Å²) in [6.45, 7) is 14.5. The van der Waals surface area contributed by atoms with Gasteiger partial charge in [0.2, 0.25) is 0 Å². The summed E-state index contributed by atoms with van der Waals surface area (Å²) in [4.78, 5) is 7.31. The first-order valence-electron chi connectivity index (χ1n) is 6.47. The zero-order valence-electron chi connectivity index (χ0n) is 12.0. The highest BCUT2D eigenvalue weighted by Crippen LogP contribution is 2.34. The molecule has 1 aliphatic heterocycles. The van der Waals surface area contributed by atoms with Crippen LogP contribution in [0.4, 0.5) is 5.69 Å². The second-order valence-electron chi connectivity index (χ2n) is 6.98. The third-order valence-corrected chi connectivity index (χ3v) is 3.39. The average molecular weight is 232 g/mol. The van der Waals surface area contributed by atoms with E-state index in [-0.39, 0.29) is 11.0 Å². The number of hydrogen-bond acceptors (Lipinski definition) is 2. The molecule has 1 aromatic heterocycles. The van der Waals surface area contributed by atoms with Gasteiger partial charge in [-0.25, -0.2) is 0 Å². The fourth-order valence-electron chi connectivity index (χ4n) is 2.38. The van der Waals surface area contributed by atoms with Crippen LogP contribution in [0.25, 0.3) is 0 Å². The Hall–Kier alpha value is -1.05. The molecule has 0 saturated heterocycles. The number of fused-ring (bicyclic) bond motifs is 1. The van der Waals surface area contributed by atoms with Crippen LogP contribution in [-0.2, 0) is 11.8 Å². The number of rotatable bonds is 0. The van der Waals surface area contributed by atoms with E-state index in [1.165, 1.54) is 17.1 Å². The van der Waals surface area contributed by atoms with Crippen LogP contribution in [0.15, 0.2) is 12.1 Å². The minimum Gasteiger partial charge on any atom is -0.365 e. The molecular weight excluding hydrogens is 208 g/mol. The minimum absolute atomic E-state index is 0.143.